The second-order valence-electron chi connectivity index (χ2n) is 0. The SMILES string of the molecule is [W].[W].[W].[W].[W].[W].[W].[W].[W].[W].[W].[W].[W].[W].[W].[W].[W].[W].[W].[W].[W].[W].[W].[W].[W].[W].[W].[W].[W].[W].[W].[W].[W].[W].[W].[W].[W].[W].[W]. The summed E-state index contributed by atoms with van der Waals surface area (Å²) in [5.74, 6) is 0. The maximum absolute atomic E-state index is 0. The molecule has 0 aromatic heterocycles. The minimum Gasteiger partial charge on any atom is 0 e. The molecule has 0 nitrogen and oxygen atoms in total. The molecule has 0 bridgehead atoms. The summed E-state index contributed by atoms with van der Waals surface area (Å²) in [7, 11) is 0. The van der Waals surface area contributed by atoms with Crippen LogP contribution in [0.2, 0.25) is 0 Å². The van der Waals surface area contributed by atoms with Crippen LogP contribution in [-0.2, 0) is 822 Å². The molecule has 0 amide bonds. The zero-order valence-electron chi connectivity index (χ0n) is 15.9. The van der Waals surface area contributed by atoms with Crippen molar-refractivity contribution in [2.45, 2.75) is 0 Å². The number of hydrogen-bond acceptors (Lipinski definition) is 0. The zero-order chi connectivity index (χ0) is 0. The van der Waals surface area contributed by atoms with Crippen LogP contribution in [0.4, 0.5) is 0 Å². The zero-order valence-corrected chi connectivity index (χ0v) is 130. The predicted octanol–water partition coefficient (Wildman–Crippen LogP) is -0.0975. The van der Waals surface area contributed by atoms with Crippen molar-refractivity contribution in [2.75, 3.05) is 0 Å². The van der Waals surface area contributed by atoms with Crippen LogP contribution in [0.15, 0.2) is 0 Å². The molecule has 0 saturated heterocycles. The monoisotopic (exact) mass is 7170 g/mol. The summed E-state index contributed by atoms with van der Waals surface area (Å²) in [5, 5.41) is 0. The van der Waals surface area contributed by atoms with E-state index in [1.165, 1.54) is 0 Å². The molecule has 234 valence electrons. The van der Waals surface area contributed by atoms with Gasteiger partial charge in [-0.1, -0.05) is 0 Å². The Morgan fingerprint density at radius 3 is 0.0256 bits per heavy atom. The standard InChI is InChI=1S/39W. The summed E-state index contributed by atoms with van der Waals surface area (Å²) >= 11 is 0. The van der Waals surface area contributed by atoms with Crippen molar-refractivity contribution in [3.05, 3.63) is 0 Å². The van der Waals surface area contributed by atoms with Crippen molar-refractivity contribution in [1.82, 2.24) is 0 Å². The minimum atomic E-state index is 0. The summed E-state index contributed by atoms with van der Waals surface area (Å²) in [6.45, 7) is 0. The summed E-state index contributed by atoms with van der Waals surface area (Å²) in [6, 6.07) is 0. The molecular formula is W39. The van der Waals surface area contributed by atoms with E-state index in [1.807, 2.05) is 0 Å². The first-order valence-corrected chi connectivity index (χ1v) is 0. The second-order valence-corrected chi connectivity index (χ2v) is 0. The fourth-order valence-electron chi connectivity index (χ4n) is 0. The summed E-state index contributed by atoms with van der Waals surface area (Å²) in [4.78, 5) is 0. The molecule has 0 heterocycles. The molecule has 0 aromatic rings. The molecule has 0 atom stereocenters. The van der Waals surface area contributed by atoms with Gasteiger partial charge in [-0.25, -0.2) is 0 Å². The van der Waals surface area contributed by atoms with Crippen LogP contribution in [0, 0.1) is 0 Å². The number of hydrogen-bond donors (Lipinski definition) is 0. The molecule has 0 fully saturated rings. The quantitative estimate of drug-likeness (QED) is 0.319. The molecule has 0 aliphatic carbocycles. The first-order chi connectivity index (χ1) is 0. The average molecular weight is 7170 g/mol. The van der Waals surface area contributed by atoms with Gasteiger partial charge < -0.3 is 0 Å². The van der Waals surface area contributed by atoms with Gasteiger partial charge in [0.25, 0.3) is 0 Å². The molecule has 0 unspecified atom stereocenters. The molecule has 0 rings (SSSR count). The molecular weight excluding hydrogens is 7170 g/mol. The Morgan fingerprint density at radius 2 is 0.0256 bits per heavy atom. The van der Waals surface area contributed by atoms with Crippen molar-refractivity contribution in [3.8, 4) is 0 Å². The molecule has 0 aliphatic heterocycles. The summed E-state index contributed by atoms with van der Waals surface area (Å²) < 4.78 is 0. The summed E-state index contributed by atoms with van der Waals surface area (Å²) in [6.07, 6.45) is 0. The van der Waals surface area contributed by atoms with E-state index >= 15 is 0 Å². The van der Waals surface area contributed by atoms with E-state index in [1.54, 1.807) is 0 Å². The maximum atomic E-state index is 0. The van der Waals surface area contributed by atoms with E-state index in [-0.39, 0.29) is 822 Å². The first-order valence-electron chi connectivity index (χ1n) is 0. The van der Waals surface area contributed by atoms with Crippen molar-refractivity contribution in [1.29, 1.82) is 0 Å². The maximum Gasteiger partial charge on any atom is 0 e. The van der Waals surface area contributed by atoms with Crippen LogP contribution in [0.25, 0.3) is 0 Å². The Labute approximate surface area is 797 Å². The predicted molar refractivity (Wildman–Crippen MR) is 0 cm³/mol. The van der Waals surface area contributed by atoms with Crippen molar-refractivity contribution < 1.29 is 822 Å². The third kappa shape index (κ3) is 355. The Hall–Kier alpha value is 26.8. The van der Waals surface area contributed by atoms with Gasteiger partial charge in [0.2, 0.25) is 0 Å². The van der Waals surface area contributed by atoms with Gasteiger partial charge in [0.15, 0.2) is 0 Å². The molecule has 0 radical (unpaired) electrons. The largest absolute Gasteiger partial charge is 0 e. The second kappa shape index (κ2) is 367. The fraction of sp³-hybridized carbons (Fsp3) is 0. The van der Waals surface area contributed by atoms with Gasteiger partial charge in [-0.05, 0) is 0 Å². The average Bonchev–Trinajstić information content (AvgIpc) is 0. The van der Waals surface area contributed by atoms with Gasteiger partial charge in [-0.2, -0.15) is 0 Å². The normalized spacial score (nSPS) is 0. The topological polar surface area (TPSA) is 0 Å². The van der Waals surface area contributed by atoms with Crippen LogP contribution < -0.4 is 0 Å². The molecule has 39 heavy (non-hydrogen) atoms. The molecule has 0 aliphatic rings. The third-order valence-electron chi connectivity index (χ3n) is 0. The van der Waals surface area contributed by atoms with Crippen molar-refractivity contribution >= 4 is 0 Å². The van der Waals surface area contributed by atoms with Crippen LogP contribution >= 0.6 is 0 Å². The molecule has 0 saturated carbocycles. The van der Waals surface area contributed by atoms with E-state index in [0.29, 0.717) is 0 Å². The Balaban J connectivity index is 0. The van der Waals surface area contributed by atoms with Gasteiger partial charge in [0, 0.05) is 822 Å². The van der Waals surface area contributed by atoms with Crippen LogP contribution in [0.5, 0.6) is 0 Å². The van der Waals surface area contributed by atoms with E-state index in [9.17, 15) is 0 Å². The fourth-order valence-corrected chi connectivity index (χ4v) is 0. The third-order valence-corrected chi connectivity index (χ3v) is 0. The van der Waals surface area contributed by atoms with Gasteiger partial charge >= 0.3 is 0 Å². The van der Waals surface area contributed by atoms with Gasteiger partial charge in [-0.15, -0.1) is 0 Å². The Bertz CT molecular complexity index is 0. The van der Waals surface area contributed by atoms with E-state index in [4.69, 9.17) is 0 Å². The van der Waals surface area contributed by atoms with E-state index in [2.05, 4.69) is 0 Å². The summed E-state index contributed by atoms with van der Waals surface area (Å²) in [5.41, 5.74) is 0. The van der Waals surface area contributed by atoms with Gasteiger partial charge in [0.1, 0.15) is 0 Å². The van der Waals surface area contributed by atoms with Gasteiger partial charge in [0.05, 0.1) is 0 Å². The first kappa shape index (κ1) is 384. The molecule has 0 N–H and O–H groups in total. The smallest absolute Gasteiger partial charge is 0 e. The van der Waals surface area contributed by atoms with Crippen LogP contribution in [0.3, 0.4) is 0 Å². The Kier molecular flexibility index (Phi) is 3610. The minimum absolute atomic E-state index is 0. The Morgan fingerprint density at radius 1 is 0.0256 bits per heavy atom. The van der Waals surface area contributed by atoms with E-state index in [0.717, 1.165) is 0 Å². The van der Waals surface area contributed by atoms with E-state index < -0.39 is 0 Å². The van der Waals surface area contributed by atoms with Crippen molar-refractivity contribution in [3.63, 3.8) is 0 Å². The molecule has 0 spiro atoms. The molecule has 39 heteroatoms. The van der Waals surface area contributed by atoms with Crippen LogP contribution in [0.1, 0.15) is 0 Å². The van der Waals surface area contributed by atoms with Crippen molar-refractivity contribution in [2.24, 2.45) is 0 Å². The molecule has 0 aromatic carbocycles. The van der Waals surface area contributed by atoms with Crippen LogP contribution in [-0.4, -0.2) is 0 Å². The van der Waals surface area contributed by atoms with Gasteiger partial charge in [-0.3, -0.25) is 0 Å². The number of rotatable bonds is 0.